The lowest BCUT2D eigenvalue weighted by atomic mass is 10.2. The lowest BCUT2D eigenvalue weighted by molar-refractivity contribution is 0.121. The summed E-state index contributed by atoms with van der Waals surface area (Å²) in [6.07, 6.45) is 3.33. The van der Waals surface area contributed by atoms with Crippen LogP contribution in [0.5, 0.6) is 0 Å². The van der Waals surface area contributed by atoms with Gasteiger partial charge < -0.3 is 9.64 Å². The first kappa shape index (κ1) is 12.3. The molecular weight excluding hydrogens is 232 g/mol. The van der Waals surface area contributed by atoms with Crippen molar-refractivity contribution in [3.8, 4) is 6.07 Å². The minimum Gasteiger partial charge on any atom is -0.380 e. The average molecular weight is 248 g/mol. The number of benzene rings is 1. The second-order valence-electron chi connectivity index (χ2n) is 4.06. The molecule has 0 N–H and O–H groups in total. The lowest BCUT2D eigenvalue weighted by Crippen LogP contribution is -2.23. The molecule has 0 bridgehead atoms. The van der Waals surface area contributed by atoms with Crippen molar-refractivity contribution in [3.63, 3.8) is 0 Å². The summed E-state index contributed by atoms with van der Waals surface area (Å²) >= 11 is 1.62. The average Bonchev–Trinajstić information content (AvgIpc) is 2.86. The molecule has 1 aliphatic heterocycles. The van der Waals surface area contributed by atoms with Crippen molar-refractivity contribution in [2.45, 2.75) is 17.4 Å². The van der Waals surface area contributed by atoms with Crippen molar-refractivity contribution in [2.75, 3.05) is 31.4 Å². The monoisotopic (exact) mass is 248 g/mol. The van der Waals surface area contributed by atoms with Gasteiger partial charge in [-0.25, -0.2) is 0 Å². The zero-order valence-corrected chi connectivity index (χ0v) is 11.0. The molecule has 90 valence electrons. The molecule has 1 unspecified atom stereocenters. The van der Waals surface area contributed by atoms with Crippen LogP contribution in [0.25, 0.3) is 0 Å². The SMILES string of the molecule is COC1CCN(c2cccc(SC)c2C#N)C1. The molecule has 0 aliphatic carbocycles. The summed E-state index contributed by atoms with van der Waals surface area (Å²) in [6, 6.07) is 8.36. The largest absolute Gasteiger partial charge is 0.380 e. The Labute approximate surface area is 106 Å². The number of anilines is 1. The van der Waals surface area contributed by atoms with Gasteiger partial charge in [-0.3, -0.25) is 0 Å². The Morgan fingerprint density at radius 2 is 2.35 bits per heavy atom. The minimum atomic E-state index is 0.291. The first-order valence-electron chi connectivity index (χ1n) is 5.65. The molecule has 4 heteroatoms. The molecule has 0 saturated carbocycles. The van der Waals surface area contributed by atoms with Crippen molar-refractivity contribution < 1.29 is 4.74 Å². The molecule has 1 saturated heterocycles. The Hall–Kier alpha value is -1.18. The molecule has 0 spiro atoms. The molecule has 0 radical (unpaired) electrons. The molecule has 1 aliphatic rings. The highest BCUT2D eigenvalue weighted by Gasteiger charge is 2.24. The van der Waals surface area contributed by atoms with Gasteiger partial charge in [-0.2, -0.15) is 5.26 Å². The van der Waals surface area contributed by atoms with E-state index in [0.717, 1.165) is 35.7 Å². The van der Waals surface area contributed by atoms with Gasteiger partial charge in [0.2, 0.25) is 0 Å². The Bertz CT molecular complexity index is 442. The molecule has 1 fully saturated rings. The van der Waals surface area contributed by atoms with Gasteiger partial charge in [0.15, 0.2) is 0 Å². The highest BCUT2D eigenvalue weighted by atomic mass is 32.2. The van der Waals surface area contributed by atoms with Crippen LogP contribution >= 0.6 is 11.8 Å². The van der Waals surface area contributed by atoms with Crippen LogP contribution < -0.4 is 4.90 Å². The van der Waals surface area contributed by atoms with Gasteiger partial charge in [0.25, 0.3) is 0 Å². The van der Waals surface area contributed by atoms with Crippen molar-refractivity contribution >= 4 is 17.4 Å². The second kappa shape index (κ2) is 5.44. The summed E-state index contributed by atoms with van der Waals surface area (Å²) in [5.74, 6) is 0. The molecule has 2 rings (SSSR count). The third-order valence-corrected chi connectivity index (χ3v) is 3.94. The van der Waals surface area contributed by atoms with Gasteiger partial charge in [-0.15, -0.1) is 11.8 Å². The van der Waals surface area contributed by atoms with E-state index in [9.17, 15) is 5.26 Å². The fourth-order valence-electron chi connectivity index (χ4n) is 2.20. The normalized spacial score (nSPS) is 19.4. The zero-order chi connectivity index (χ0) is 12.3. The number of thioether (sulfide) groups is 1. The first-order valence-corrected chi connectivity index (χ1v) is 6.87. The molecule has 3 nitrogen and oxygen atoms in total. The third-order valence-electron chi connectivity index (χ3n) is 3.15. The fourth-order valence-corrected chi connectivity index (χ4v) is 2.77. The summed E-state index contributed by atoms with van der Waals surface area (Å²) in [7, 11) is 1.75. The van der Waals surface area contributed by atoms with Crippen molar-refractivity contribution in [3.05, 3.63) is 23.8 Å². The summed E-state index contributed by atoms with van der Waals surface area (Å²) < 4.78 is 5.36. The van der Waals surface area contributed by atoms with E-state index in [-0.39, 0.29) is 0 Å². The van der Waals surface area contributed by atoms with Crippen molar-refractivity contribution in [1.29, 1.82) is 5.26 Å². The number of hydrogen-bond donors (Lipinski definition) is 0. The highest BCUT2D eigenvalue weighted by molar-refractivity contribution is 7.98. The van der Waals surface area contributed by atoms with Gasteiger partial charge >= 0.3 is 0 Å². The van der Waals surface area contributed by atoms with E-state index in [0.29, 0.717) is 6.10 Å². The molecule has 1 atom stereocenters. The predicted molar refractivity (Wildman–Crippen MR) is 70.6 cm³/mol. The number of ether oxygens (including phenoxy) is 1. The Balaban J connectivity index is 2.30. The minimum absolute atomic E-state index is 0.291. The Morgan fingerprint density at radius 3 is 2.94 bits per heavy atom. The molecule has 0 aromatic heterocycles. The van der Waals surface area contributed by atoms with E-state index in [4.69, 9.17) is 4.74 Å². The number of hydrogen-bond acceptors (Lipinski definition) is 4. The van der Waals surface area contributed by atoms with Crippen molar-refractivity contribution in [1.82, 2.24) is 0 Å². The first-order chi connectivity index (χ1) is 8.30. The molecule has 1 aromatic carbocycles. The lowest BCUT2D eigenvalue weighted by Gasteiger charge is -2.20. The molecule has 0 amide bonds. The quantitative estimate of drug-likeness (QED) is 0.770. The number of nitrogens with zero attached hydrogens (tertiary/aromatic N) is 2. The molecule has 17 heavy (non-hydrogen) atoms. The topological polar surface area (TPSA) is 36.3 Å². The van der Waals surface area contributed by atoms with Crippen LogP contribution in [0, 0.1) is 11.3 Å². The van der Waals surface area contributed by atoms with Crippen LogP contribution in [0.15, 0.2) is 23.1 Å². The summed E-state index contributed by atoms with van der Waals surface area (Å²) in [5.41, 5.74) is 1.83. The van der Waals surface area contributed by atoms with E-state index < -0.39 is 0 Å². The maximum atomic E-state index is 9.29. The van der Waals surface area contributed by atoms with Crippen LogP contribution in [0.1, 0.15) is 12.0 Å². The van der Waals surface area contributed by atoms with Gasteiger partial charge in [0, 0.05) is 25.1 Å². The van der Waals surface area contributed by atoms with Gasteiger partial charge in [0.05, 0.1) is 17.4 Å². The second-order valence-corrected chi connectivity index (χ2v) is 4.91. The van der Waals surface area contributed by atoms with Crippen molar-refractivity contribution in [2.24, 2.45) is 0 Å². The van der Waals surface area contributed by atoms with E-state index in [1.807, 2.05) is 24.5 Å². The van der Waals surface area contributed by atoms with Gasteiger partial charge in [-0.05, 0) is 24.8 Å². The van der Waals surface area contributed by atoms with E-state index >= 15 is 0 Å². The fraction of sp³-hybridized carbons (Fsp3) is 0.462. The van der Waals surface area contributed by atoms with Crippen LogP contribution in [-0.4, -0.2) is 32.6 Å². The van der Waals surface area contributed by atoms with E-state index in [1.54, 1.807) is 18.9 Å². The molecular formula is C13H16N2OS. The highest BCUT2D eigenvalue weighted by Crippen LogP contribution is 2.31. The van der Waals surface area contributed by atoms with Crippen LogP contribution in [0.3, 0.4) is 0 Å². The number of nitriles is 1. The van der Waals surface area contributed by atoms with E-state index in [1.165, 1.54) is 0 Å². The Kier molecular flexibility index (Phi) is 3.93. The Morgan fingerprint density at radius 1 is 1.53 bits per heavy atom. The van der Waals surface area contributed by atoms with E-state index in [2.05, 4.69) is 11.0 Å². The maximum Gasteiger partial charge on any atom is 0.103 e. The predicted octanol–water partition coefficient (Wildman–Crippen LogP) is 2.51. The smallest absolute Gasteiger partial charge is 0.103 e. The standard InChI is InChI=1S/C13H16N2OS/c1-16-10-6-7-15(9-10)12-4-3-5-13(17-2)11(12)8-14/h3-5,10H,6-7,9H2,1-2H3. The summed E-state index contributed by atoms with van der Waals surface area (Å²) in [6.45, 7) is 1.84. The van der Waals surface area contributed by atoms with Crippen LogP contribution in [0.4, 0.5) is 5.69 Å². The zero-order valence-electron chi connectivity index (χ0n) is 10.1. The number of methoxy groups -OCH3 is 1. The summed E-state index contributed by atoms with van der Waals surface area (Å²) in [5, 5.41) is 9.29. The third kappa shape index (κ3) is 2.41. The van der Waals surface area contributed by atoms with Crippen LogP contribution in [0.2, 0.25) is 0 Å². The maximum absolute atomic E-state index is 9.29. The summed E-state index contributed by atoms with van der Waals surface area (Å²) in [4.78, 5) is 3.29. The molecule has 1 aromatic rings. The number of rotatable bonds is 3. The molecule has 1 heterocycles. The van der Waals surface area contributed by atoms with Crippen LogP contribution in [-0.2, 0) is 4.74 Å². The van der Waals surface area contributed by atoms with Gasteiger partial charge in [-0.1, -0.05) is 6.07 Å². The van der Waals surface area contributed by atoms with Gasteiger partial charge in [0.1, 0.15) is 6.07 Å².